The molecule has 0 aliphatic heterocycles. The third kappa shape index (κ3) is 5.87. The van der Waals surface area contributed by atoms with Crippen molar-refractivity contribution < 1.29 is 9.53 Å². The van der Waals surface area contributed by atoms with Gasteiger partial charge in [0.15, 0.2) is 0 Å². The summed E-state index contributed by atoms with van der Waals surface area (Å²) < 4.78 is 5.71. The fraction of sp³-hybridized carbons (Fsp3) is 0.652. The molecule has 1 saturated carbocycles. The molecule has 26 heavy (non-hydrogen) atoms. The van der Waals surface area contributed by atoms with Crippen molar-refractivity contribution in [1.29, 1.82) is 5.26 Å². The van der Waals surface area contributed by atoms with Crippen molar-refractivity contribution in [3.05, 3.63) is 35.4 Å². The van der Waals surface area contributed by atoms with E-state index < -0.39 is 0 Å². The molecule has 3 heteroatoms. The summed E-state index contributed by atoms with van der Waals surface area (Å²) >= 11 is 0. The number of nitriles is 1. The zero-order chi connectivity index (χ0) is 18.8. The molecule has 1 aromatic carbocycles. The highest BCUT2D eigenvalue weighted by Gasteiger charge is 2.36. The van der Waals surface area contributed by atoms with Gasteiger partial charge in [-0.2, -0.15) is 5.26 Å². The number of aryl methyl sites for hydroxylation is 1. The lowest BCUT2D eigenvalue weighted by atomic mass is 9.71. The van der Waals surface area contributed by atoms with Gasteiger partial charge in [0.25, 0.3) is 0 Å². The first-order valence-corrected chi connectivity index (χ1v) is 10.3. The summed E-state index contributed by atoms with van der Waals surface area (Å²) in [6, 6.07) is 10.4. The lowest BCUT2D eigenvalue weighted by Crippen LogP contribution is -2.31. The number of unbranched alkanes of at least 4 members (excludes halogenated alkanes) is 3. The molecule has 1 aliphatic rings. The molecule has 0 N–H and O–H groups in total. The summed E-state index contributed by atoms with van der Waals surface area (Å²) in [5.41, 5.74) is 1.72. The minimum atomic E-state index is -0.229. The zero-order valence-corrected chi connectivity index (χ0v) is 16.4. The van der Waals surface area contributed by atoms with Crippen molar-refractivity contribution in [2.75, 3.05) is 0 Å². The van der Waals surface area contributed by atoms with Gasteiger partial charge in [0.1, 0.15) is 6.10 Å². The highest BCUT2D eigenvalue weighted by Crippen LogP contribution is 2.41. The number of hydrogen-bond acceptors (Lipinski definition) is 3. The van der Waals surface area contributed by atoms with Gasteiger partial charge in [0.05, 0.1) is 17.0 Å². The van der Waals surface area contributed by atoms with E-state index in [4.69, 9.17) is 4.74 Å². The number of rotatable bonds is 9. The topological polar surface area (TPSA) is 50.1 Å². The molecule has 2 rings (SSSR count). The molecule has 0 heterocycles. The lowest BCUT2D eigenvalue weighted by Gasteiger charge is -2.34. The minimum Gasteiger partial charge on any atom is -0.459 e. The van der Waals surface area contributed by atoms with Gasteiger partial charge in [0.2, 0.25) is 0 Å². The maximum absolute atomic E-state index is 12.4. The summed E-state index contributed by atoms with van der Waals surface area (Å²) in [5, 5.41) is 9.56. The average molecular weight is 356 g/mol. The fourth-order valence-corrected chi connectivity index (χ4v) is 3.80. The van der Waals surface area contributed by atoms with Crippen LogP contribution in [-0.2, 0) is 11.2 Å². The molecule has 0 unspecified atom stereocenters. The number of nitrogens with zero attached hydrogens (tertiary/aromatic N) is 1. The Kier molecular flexibility index (Phi) is 8.16. The molecule has 0 bridgehead atoms. The van der Waals surface area contributed by atoms with Crippen molar-refractivity contribution in [3.8, 4) is 6.07 Å². The number of carbonyl (C=O) groups excluding carboxylic acids is 1. The third-order valence-electron chi connectivity index (χ3n) is 5.67. The second-order valence-electron chi connectivity index (χ2n) is 7.75. The van der Waals surface area contributed by atoms with E-state index in [2.05, 4.69) is 19.9 Å². The van der Waals surface area contributed by atoms with E-state index in [0.29, 0.717) is 5.56 Å². The van der Waals surface area contributed by atoms with Gasteiger partial charge in [-0.1, -0.05) is 51.7 Å². The van der Waals surface area contributed by atoms with Crippen LogP contribution in [0.3, 0.4) is 0 Å². The van der Waals surface area contributed by atoms with Gasteiger partial charge in [-0.05, 0) is 62.6 Å². The highest BCUT2D eigenvalue weighted by atomic mass is 16.5. The van der Waals surface area contributed by atoms with Crippen LogP contribution < -0.4 is 0 Å². The van der Waals surface area contributed by atoms with E-state index in [1.54, 1.807) is 0 Å². The first kappa shape index (κ1) is 20.5. The molecule has 3 nitrogen and oxygen atoms in total. The van der Waals surface area contributed by atoms with Crippen molar-refractivity contribution in [2.24, 2.45) is 5.41 Å². The quantitative estimate of drug-likeness (QED) is 0.390. The van der Waals surface area contributed by atoms with Crippen LogP contribution in [0.2, 0.25) is 0 Å². The Morgan fingerprint density at radius 1 is 1.12 bits per heavy atom. The Morgan fingerprint density at radius 2 is 1.77 bits per heavy atom. The molecule has 142 valence electrons. The molecule has 1 fully saturated rings. The molecular weight excluding hydrogens is 322 g/mol. The van der Waals surface area contributed by atoms with Crippen LogP contribution >= 0.6 is 0 Å². The van der Waals surface area contributed by atoms with Crippen LogP contribution in [0.15, 0.2) is 24.3 Å². The van der Waals surface area contributed by atoms with E-state index in [-0.39, 0.29) is 17.5 Å². The van der Waals surface area contributed by atoms with Gasteiger partial charge < -0.3 is 4.74 Å². The van der Waals surface area contributed by atoms with Crippen LogP contribution in [0.4, 0.5) is 0 Å². The van der Waals surface area contributed by atoms with Gasteiger partial charge in [-0.3, -0.25) is 0 Å². The number of benzene rings is 1. The minimum absolute atomic E-state index is 0.0465. The summed E-state index contributed by atoms with van der Waals surface area (Å²) in [4.78, 5) is 12.4. The van der Waals surface area contributed by atoms with Crippen LogP contribution in [0.1, 0.15) is 94.0 Å². The Morgan fingerprint density at radius 3 is 2.35 bits per heavy atom. The van der Waals surface area contributed by atoms with E-state index in [9.17, 15) is 10.1 Å². The third-order valence-corrected chi connectivity index (χ3v) is 5.67. The highest BCUT2D eigenvalue weighted by molar-refractivity contribution is 5.89. The predicted octanol–water partition coefficient (Wildman–Crippen LogP) is 6.22. The first-order chi connectivity index (χ1) is 12.6. The summed E-state index contributed by atoms with van der Waals surface area (Å²) in [7, 11) is 0. The number of esters is 1. The van der Waals surface area contributed by atoms with E-state index in [0.717, 1.165) is 51.4 Å². The maximum atomic E-state index is 12.4. The standard InChI is InChI=1S/C23H33NO2/c1-3-5-7-8-19-9-11-20(12-10-19)22(25)26-21-13-16-23(18-24,17-14-21)15-6-4-2/h9-12,21H,3-8,13-17H2,1-2H3/t21-,23+. The van der Waals surface area contributed by atoms with Gasteiger partial charge in [-0.25, -0.2) is 4.79 Å². The van der Waals surface area contributed by atoms with Crippen molar-refractivity contribution >= 4 is 5.97 Å². The number of ether oxygens (including phenoxy) is 1. The SMILES string of the molecule is CCCCCc1ccc(C(=O)O[C@H]2CC[C@](C#N)(CCCC)CC2)cc1. The maximum Gasteiger partial charge on any atom is 0.338 e. The monoisotopic (exact) mass is 355 g/mol. The van der Waals surface area contributed by atoms with E-state index >= 15 is 0 Å². The van der Waals surface area contributed by atoms with Crippen LogP contribution in [0.25, 0.3) is 0 Å². The van der Waals surface area contributed by atoms with E-state index in [1.807, 2.05) is 24.3 Å². The smallest absolute Gasteiger partial charge is 0.338 e. The number of carbonyl (C=O) groups is 1. The zero-order valence-electron chi connectivity index (χ0n) is 16.4. The molecule has 0 radical (unpaired) electrons. The van der Waals surface area contributed by atoms with Crippen LogP contribution in [0.5, 0.6) is 0 Å². The Labute approximate surface area is 158 Å². The second kappa shape index (κ2) is 10.4. The summed E-state index contributed by atoms with van der Waals surface area (Å²) in [5.74, 6) is -0.229. The first-order valence-electron chi connectivity index (χ1n) is 10.3. The molecular formula is C23H33NO2. The van der Waals surface area contributed by atoms with Gasteiger partial charge in [0, 0.05) is 0 Å². The fourth-order valence-electron chi connectivity index (χ4n) is 3.80. The normalized spacial score (nSPS) is 22.6. The van der Waals surface area contributed by atoms with Crippen molar-refractivity contribution in [2.45, 2.75) is 90.6 Å². The second-order valence-corrected chi connectivity index (χ2v) is 7.75. The molecule has 0 aromatic heterocycles. The van der Waals surface area contributed by atoms with Crippen LogP contribution in [-0.4, -0.2) is 12.1 Å². The van der Waals surface area contributed by atoms with E-state index in [1.165, 1.54) is 24.8 Å². The van der Waals surface area contributed by atoms with Gasteiger partial charge in [-0.15, -0.1) is 0 Å². The summed E-state index contributed by atoms with van der Waals surface area (Å²) in [6.07, 6.45) is 11.2. The summed E-state index contributed by atoms with van der Waals surface area (Å²) in [6.45, 7) is 4.36. The molecule has 0 saturated heterocycles. The molecule has 0 atom stereocenters. The largest absolute Gasteiger partial charge is 0.459 e. The number of hydrogen-bond donors (Lipinski definition) is 0. The molecule has 1 aliphatic carbocycles. The van der Waals surface area contributed by atoms with Crippen molar-refractivity contribution in [1.82, 2.24) is 0 Å². The average Bonchev–Trinajstić information content (AvgIpc) is 2.68. The van der Waals surface area contributed by atoms with Crippen LogP contribution in [0, 0.1) is 16.7 Å². The molecule has 1 aromatic rings. The predicted molar refractivity (Wildman–Crippen MR) is 105 cm³/mol. The Balaban J connectivity index is 1.82. The van der Waals surface area contributed by atoms with Crippen molar-refractivity contribution in [3.63, 3.8) is 0 Å². The Hall–Kier alpha value is -1.82. The molecule has 0 spiro atoms. The Bertz CT molecular complexity index is 592. The lowest BCUT2D eigenvalue weighted by molar-refractivity contribution is 0.0105. The molecule has 0 amide bonds. The van der Waals surface area contributed by atoms with Gasteiger partial charge >= 0.3 is 5.97 Å².